The maximum atomic E-state index is 12.1. The van der Waals surface area contributed by atoms with E-state index in [1.54, 1.807) is 0 Å². The van der Waals surface area contributed by atoms with Crippen LogP contribution in [0.4, 0.5) is 11.5 Å². The number of morpholine rings is 1. The number of aliphatic carboxylic acids is 1. The van der Waals surface area contributed by atoms with E-state index in [9.17, 15) is 9.90 Å². The highest BCUT2D eigenvalue weighted by Gasteiger charge is 2.28. The second kappa shape index (κ2) is 12.8. The van der Waals surface area contributed by atoms with Crippen molar-refractivity contribution in [3.8, 4) is 5.69 Å². The molecule has 42 heavy (non-hydrogen) atoms. The number of rotatable bonds is 10. The minimum Gasteiger partial charge on any atom is -0.481 e. The van der Waals surface area contributed by atoms with Crippen molar-refractivity contribution in [2.24, 2.45) is 5.92 Å². The topological polar surface area (TPSA) is 95.8 Å². The first-order valence-corrected chi connectivity index (χ1v) is 15.6. The molecule has 1 unspecified atom stereocenters. The molecule has 0 spiro atoms. The van der Waals surface area contributed by atoms with E-state index in [-0.39, 0.29) is 12.3 Å². The van der Waals surface area contributed by atoms with Gasteiger partial charge in [-0.25, -0.2) is 9.67 Å². The van der Waals surface area contributed by atoms with Crippen molar-refractivity contribution in [2.75, 3.05) is 62.7 Å². The highest BCUT2D eigenvalue weighted by molar-refractivity contribution is 5.68. The number of benzene rings is 1. The van der Waals surface area contributed by atoms with Gasteiger partial charge in [-0.2, -0.15) is 5.10 Å². The maximum Gasteiger partial charge on any atom is 0.304 e. The zero-order valence-corrected chi connectivity index (χ0v) is 25.0. The molecule has 3 aliphatic rings. The van der Waals surface area contributed by atoms with E-state index in [4.69, 9.17) is 14.8 Å². The van der Waals surface area contributed by atoms with Crippen LogP contribution >= 0.6 is 0 Å². The summed E-state index contributed by atoms with van der Waals surface area (Å²) in [6, 6.07) is 13.1. The molecule has 0 saturated carbocycles. The number of aryl methyl sites for hydroxylation is 4. The van der Waals surface area contributed by atoms with E-state index in [1.807, 2.05) is 11.6 Å². The van der Waals surface area contributed by atoms with Gasteiger partial charge in [-0.05, 0) is 99.9 Å². The highest BCUT2D eigenvalue weighted by atomic mass is 16.5. The van der Waals surface area contributed by atoms with Gasteiger partial charge < -0.3 is 25.0 Å². The number of likely N-dealkylation sites (tertiary alicyclic amines) is 1. The third kappa shape index (κ3) is 6.79. The molecule has 0 bridgehead atoms. The first-order chi connectivity index (χ1) is 20.4. The molecule has 1 aromatic carbocycles. The standard InChI is InChI=1S/C33H44N6O3/c1-23-16-24(2)39(36-23)31-18-27(17-30(20-31)38-12-14-42-15-13-38)28(19-32(40)41)22-37-11-9-25(21-37)5-7-29-8-6-26-4-3-10-34-33(26)35-29/h6,8,16-18,20,25,28H,3-5,7,9-15,19,21-22H2,1-2H3,(H,34,35)(H,40,41)/t25-,28?/m1/s1. The van der Waals surface area contributed by atoms with Gasteiger partial charge in [0, 0.05) is 55.7 Å². The number of hydrogen-bond acceptors (Lipinski definition) is 7. The van der Waals surface area contributed by atoms with Gasteiger partial charge in [-0.1, -0.05) is 6.07 Å². The van der Waals surface area contributed by atoms with E-state index in [0.717, 1.165) is 99.1 Å². The molecular formula is C33H44N6O3. The van der Waals surface area contributed by atoms with Crippen LogP contribution in [0.1, 0.15) is 59.8 Å². The van der Waals surface area contributed by atoms with Gasteiger partial charge in [-0.15, -0.1) is 0 Å². The Labute approximate surface area is 248 Å². The number of pyridine rings is 1. The van der Waals surface area contributed by atoms with Crippen LogP contribution in [-0.2, 0) is 22.4 Å². The molecule has 9 heteroatoms. The maximum absolute atomic E-state index is 12.1. The monoisotopic (exact) mass is 572 g/mol. The summed E-state index contributed by atoms with van der Waals surface area (Å²) in [6.07, 6.45) is 5.64. The molecule has 0 aliphatic carbocycles. The Kier molecular flexibility index (Phi) is 8.76. The molecule has 0 radical (unpaired) electrons. The molecule has 6 rings (SSSR count). The fraction of sp³-hybridized carbons (Fsp3) is 0.545. The molecule has 2 atom stereocenters. The molecular weight excluding hydrogens is 528 g/mol. The molecule has 9 nitrogen and oxygen atoms in total. The largest absolute Gasteiger partial charge is 0.481 e. The van der Waals surface area contributed by atoms with E-state index < -0.39 is 5.97 Å². The third-order valence-electron chi connectivity index (χ3n) is 9.06. The number of carboxylic acids is 1. The zero-order chi connectivity index (χ0) is 29.1. The number of ether oxygens (including phenoxy) is 1. The molecule has 2 saturated heterocycles. The summed E-state index contributed by atoms with van der Waals surface area (Å²) in [5.74, 6) is 0.812. The van der Waals surface area contributed by atoms with E-state index in [2.05, 4.69) is 58.4 Å². The predicted molar refractivity (Wildman–Crippen MR) is 165 cm³/mol. The molecule has 0 amide bonds. The van der Waals surface area contributed by atoms with Crippen molar-refractivity contribution in [1.82, 2.24) is 19.7 Å². The van der Waals surface area contributed by atoms with Crippen LogP contribution < -0.4 is 10.2 Å². The van der Waals surface area contributed by atoms with Crippen LogP contribution in [0.15, 0.2) is 36.4 Å². The average molecular weight is 573 g/mol. The molecule has 2 N–H and O–H groups in total. The van der Waals surface area contributed by atoms with Crippen LogP contribution in [-0.4, -0.2) is 83.2 Å². The van der Waals surface area contributed by atoms with E-state index >= 15 is 0 Å². The van der Waals surface area contributed by atoms with Crippen LogP contribution in [0.25, 0.3) is 5.69 Å². The van der Waals surface area contributed by atoms with Gasteiger partial charge in [0.1, 0.15) is 5.82 Å². The summed E-state index contributed by atoms with van der Waals surface area (Å²) in [5.41, 5.74) is 7.71. The lowest BCUT2D eigenvalue weighted by atomic mass is 9.93. The Bertz CT molecular complexity index is 1400. The van der Waals surface area contributed by atoms with Crippen LogP contribution in [0.5, 0.6) is 0 Å². The van der Waals surface area contributed by atoms with Crippen LogP contribution in [0.2, 0.25) is 0 Å². The molecule has 3 aromatic rings. The fourth-order valence-electron chi connectivity index (χ4n) is 6.86. The van der Waals surface area contributed by atoms with E-state index in [1.165, 1.54) is 17.7 Å². The summed E-state index contributed by atoms with van der Waals surface area (Å²) in [4.78, 5) is 21.8. The highest BCUT2D eigenvalue weighted by Crippen LogP contribution is 2.32. The minimum absolute atomic E-state index is 0.105. The summed E-state index contributed by atoms with van der Waals surface area (Å²) < 4.78 is 7.59. The number of hydrogen-bond donors (Lipinski definition) is 2. The predicted octanol–water partition coefficient (Wildman–Crippen LogP) is 4.59. The summed E-state index contributed by atoms with van der Waals surface area (Å²) in [6.45, 7) is 10.9. The average Bonchev–Trinajstić information content (AvgIpc) is 3.60. The number of fused-ring (bicyclic) bond motifs is 1. The number of anilines is 2. The lowest BCUT2D eigenvalue weighted by Gasteiger charge is -2.31. The van der Waals surface area contributed by atoms with Crippen molar-refractivity contribution in [3.05, 3.63) is 64.6 Å². The number of nitrogens with zero attached hydrogens (tertiary/aromatic N) is 5. The molecule has 224 valence electrons. The lowest BCUT2D eigenvalue weighted by molar-refractivity contribution is -0.137. The van der Waals surface area contributed by atoms with Gasteiger partial charge in [0.15, 0.2) is 0 Å². The van der Waals surface area contributed by atoms with Gasteiger partial charge in [0.2, 0.25) is 0 Å². The minimum atomic E-state index is -0.757. The fourth-order valence-corrected chi connectivity index (χ4v) is 6.86. The smallest absolute Gasteiger partial charge is 0.304 e. The Morgan fingerprint density at radius 1 is 1.12 bits per heavy atom. The van der Waals surface area contributed by atoms with Crippen LogP contribution in [0, 0.1) is 19.8 Å². The molecule has 5 heterocycles. The Hall–Kier alpha value is -3.43. The van der Waals surface area contributed by atoms with E-state index in [0.29, 0.717) is 19.1 Å². The van der Waals surface area contributed by atoms with Crippen molar-refractivity contribution in [2.45, 2.75) is 58.3 Å². The quantitative estimate of drug-likeness (QED) is 0.364. The van der Waals surface area contributed by atoms with Gasteiger partial charge >= 0.3 is 5.97 Å². The number of carboxylic acid groups (broad SMARTS) is 1. The second-order valence-electron chi connectivity index (χ2n) is 12.3. The Morgan fingerprint density at radius 3 is 2.74 bits per heavy atom. The Morgan fingerprint density at radius 2 is 1.95 bits per heavy atom. The summed E-state index contributed by atoms with van der Waals surface area (Å²) in [7, 11) is 0. The van der Waals surface area contributed by atoms with Gasteiger partial charge in [0.25, 0.3) is 0 Å². The first kappa shape index (κ1) is 28.7. The van der Waals surface area contributed by atoms with Crippen LogP contribution in [0.3, 0.4) is 0 Å². The summed E-state index contributed by atoms with van der Waals surface area (Å²) in [5, 5.41) is 18.1. The SMILES string of the molecule is Cc1cc(C)n(-c2cc(C(CC(=O)O)CN3CC[C@@H](CCc4ccc5c(n4)NCCC5)C3)cc(N3CCOCC3)c2)n1. The molecule has 3 aliphatic heterocycles. The van der Waals surface area contributed by atoms with Crippen molar-refractivity contribution in [1.29, 1.82) is 0 Å². The molecule has 2 fully saturated rings. The summed E-state index contributed by atoms with van der Waals surface area (Å²) >= 11 is 0. The lowest BCUT2D eigenvalue weighted by Crippen LogP contribution is -2.36. The number of aromatic nitrogens is 3. The van der Waals surface area contributed by atoms with Gasteiger partial charge in [-0.3, -0.25) is 4.79 Å². The molecule has 2 aromatic heterocycles. The van der Waals surface area contributed by atoms with Gasteiger partial charge in [0.05, 0.1) is 31.0 Å². The second-order valence-corrected chi connectivity index (χ2v) is 12.3. The third-order valence-corrected chi connectivity index (χ3v) is 9.06. The zero-order valence-electron chi connectivity index (χ0n) is 25.0. The van der Waals surface area contributed by atoms with Crippen molar-refractivity contribution < 1.29 is 14.6 Å². The Balaban J connectivity index is 1.17. The number of nitrogens with one attached hydrogen (secondary N) is 1. The first-order valence-electron chi connectivity index (χ1n) is 15.6. The normalized spacial score (nSPS) is 19.9. The van der Waals surface area contributed by atoms with Crippen molar-refractivity contribution in [3.63, 3.8) is 0 Å². The van der Waals surface area contributed by atoms with Crippen molar-refractivity contribution >= 4 is 17.5 Å². The number of carbonyl (C=O) groups is 1.